The lowest BCUT2D eigenvalue weighted by Gasteiger charge is -2.38. The summed E-state index contributed by atoms with van der Waals surface area (Å²) in [7, 11) is 0. The first-order chi connectivity index (χ1) is 12.8. The number of carbonyl (C=O) groups excluding carboxylic acids is 1. The summed E-state index contributed by atoms with van der Waals surface area (Å²) in [6, 6.07) is 19.5. The quantitative estimate of drug-likeness (QED) is 0.618. The van der Waals surface area contributed by atoms with E-state index in [0.29, 0.717) is 24.5 Å². The molecule has 128 valence electrons. The van der Waals surface area contributed by atoms with Crippen LogP contribution >= 0.6 is 0 Å². The van der Waals surface area contributed by atoms with Crippen LogP contribution in [0.4, 0.5) is 0 Å². The first-order valence-electron chi connectivity index (χ1n) is 8.65. The Morgan fingerprint density at radius 3 is 2.85 bits per heavy atom. The average Bonchev–Trinajstić information content (AvgIpc) is 3.11. The molecule has 26 heavy (non-hydrogen) atoms. The number of para-hydroxylation sites is 1. The molecular weight excluding hydrogens is 326 g/mol. The van der Waals surface area contributed by atoms with E-state index in [1.807, 2.05) is 66.9 Å². The van der Waals surface area contributed by atoms with Gasteiger partial charge in [0, 0.05) is 34.1 Å². The predicted molar refractivity (Wildman–Crippen MR) is 100 cm³/mol. The second kappa shape index (κ2) is 5.88. The Bertz CT molecular complexity index is 1110. The molecule has 2 aromatic carbocycles. The van der Waals surface area contributed by atoms with Gasteiger partial charge in [0.25, 0.3) is 5.91 Å². The van der Waals surface area contributed by atoms with Crippen molar-refractivity contribution in [2.24, 2.45) is 0 Å². The highest BCUT2D eigenvalue weighted by Gasteiger charge is 2.33. The molecular formula is C21H17N3O2. The molecule has 0 aliphatic carbocycles. The number of hydrogen-bond acceptors (Lipinski definition) is 3. The number of aromatic nitrogens is 2. The van der Waals surface area contributed by atoms with Gasteiger partial charge in [0.15, 0.2) is 0 Å². The van der Waals surface area contributed by atoms with Gasteiger partial charge in [-0.15, -0.1) is 0 Å². The van der Waals surface area contributed by atoms with Crippen LogP contribution < -0.4 is 4.74 Å². The lowest BCUT2D eigenvalue weighted by molar-refractivity contribution is 0.0161. The molecule has 4 aromatic rings. The number of amides is 1. The Morgan fingerprint density at radius 1 is 1.04 bits per heavy atom. The molecule has 2 aromatic heterocycles. The Hall–Kier alpha value is -3.34. The molecule has 1 N–H and O–H groups in total. The molecule has 1 saturated heterocycles. The van der Waals surface area contributed by atoms with Crippen molar-refractivity contribution in [1.29, 1.82) is 0 Å². The second-order valence-corrected chi connectivity index (χ2v) is 6.57. The number of fused-ring (bicyclic) bond motifs is 2. The number of hydrogen-bond donors (Lipinski definition) is 1. The summed E-state index contributed by atoms with van der Waals surface area (Å²) < 4.78 is 5.92. The maximum atomic E-state index is 12.6. The van der Waals surface area contributed by atoms with Gasteiger partial charge in [-0.2, -0.15) is 0 Å². The maximum Gasteiger partial charge on any atom is 0.254 e. The second-order valence-electron chi connectivity index (χ2n) is 6.57. The molecule has 0 bridgehead atoms. The summed E-state index contributed by atoms with van der Waals surface area (Å²) in [5, 5.41) is 2.13. The van der Waals surface area contributed by atoms with Crippen LogP contribution in [-0.4, -0.2) is 40.0 Å². The van der Waals surface area contributed by atoms with Crippen LogP contribution in [0.1, 0.15) is 10.4 Å². The summed E-state index contributed by atoms with van der Waals surface area (Å²) in [6.07, 6.45) is 1.87. The van der Waals surface area contributed by atoms with Crippen LogP contribution in [0.2, 0.25) is 0 Å². The zero-order valence-electron chi connectivity index (χ0n) is 14.1. The normalized spacial score (nSPS) is 14.5. The van der Waals surface area contributed by atoms with Gasteiger partial charge >= 0.3 is 0 Å². The first kappa shape index (κ1) is 15.0. The summed E-state index contributed by atoms with van der Waals surface area (Å²) in [5.74, 6) is 0.647. The van der Waals surface area contributed by atoms with Crippen molar-refractivity contribution in [1.82, 2.24) is 14.9 Å². The van der Waals surface area contributed by atoms with Crippen LogP contribution in [0.15, 0.2) is 66.9 Å². The first-order valence-corrected chi connectivity index (χ1v) is 8.65. The molecule has 5 rings (SSSR count). The number of likely N-dealkylation sites (tertiary alicyclic amines) is 1. The number of nitrogens with one attached hydrogen (secondary N) is 1. The number of carbonyl (C=O) groups is 1. The minimum absolute atomic E-state index is 0.0106. The van der Waals surface area contributed by atoms with E-state index >= 15 is 0 Å². The Kier molecular flexibility index (Phi) is 3.38. The molecule has 1 aliphatic rings. The van der Waals surface area contributed by atoms with E-state index in [4.69, 9.17) is 4.74 Å². The molecule has 1 amide bonds. The molecule has 0 unspecified atom stereocenters. The number of aromatic amines is 1. The number of rotatable bonds is 3. The SMILES string of the molecule is O=C(c1ccc2[nH]ccc2c1)N1CC(Oc2ccc3ccccc3n2)C1. The standard InChI is InChI=1S/C21H17N3O2/c25-21(16-5-7-18-15(11-16)9-10-22-18)24-12-17(13-24)26-20-8-6-14-3-1-2-4-19(14)23-20/h1-11,17,22H,12-13H2. The number of nitrogens with zero attached hydrogens (tertiary/aromatic N) is 2. The smallest absolute Gasteiger partial charge is 0.254 e. The minimum Gasteiger partial charge on any atom is -0.471 e. The van der Waals surface area contributed by atoms with Gasteiger partial charge in [0.1, 0.15) is 6.10 Å². The van der Waals surface area contributed by atoms with Crippen LogP contribution in [-0.2, 0) is 0 Å². The average molecular weight is 343 g/mol. The Balaban J connectivity index is 1.25. The monoisotopic (exact) mass is 343 g/mol. The predicted octanol–water partition coefficient (Wildman–Crippen LogP) is 3.62. The van der Waals surface area contributed by atoms with E-state index in [2.05, 4.69) is 9.97 Å². The molecule has 3 heterocycles. The summed E-state index contributed by atoms with van der Waals surface area (Å²) in [6.45, 7) is 1.16. The van der Waals surface area contributed by atoms with Gasteiger partial charge in [0.05, 0.1) is 18.6 Å². The van der Waals surface area contributed by atoms with Gasteiger partial charge in [-0.25, -0.2) is 4.98 Å². The van der Waals surface area contributed by atoms with Crippen molar-refractivity contribution in [3.05, 3.63) is 72.4 Å². The van der Waals surface area contributed by atoms with E-state index in [0.717, 1.165) is 21.8 Å². The van der Waals surface area contributed by atoms with E-state index in [1.54, 1.807) is 4.90 Å². The molecule has 1 fully saturated rings. The minimum atomic E-state index is -0.0106. The zero-order valence-corrected chi connectivity index (χ0v) is 14.1. The molecule has 5 heteroatoms. The van der Waals surface area contributed by atoms with Crippen molar-refractivity contribution in [2.75, 3.05) is 13.1 Å². The molecule has 5 nitrogen and oxygen atoms in total. The third-order valence-corrected chi connectivity index (χ3v) is 4.80. The highest BCUT2D eigenvalue weighted by molar-refractivity contribution is 5.98. The van der Waals surface area contributed by atoms with Gasteiger partial charge < -0.3 is 14.6 Å². The highest BCUT2D eigenvalue weighted by Crippen LogP contribution is 2.22. The molecule has 0 atom stereocenters. The number of H-pyrrole nitrogens is 1. The molecule has 0 saturated carbocycles. The lowest BCUT2D eigenvalue weighted by atomic mass is 10.1. The number of benzene rings is 2. The zero-order chi connectivity index (χ0) is 17.5. The lowest BCUT2D eigenvalue weighted by Crippen LogP contribution is -2.56. The van der Waals surface area contributed by atoms with Crippen molar-refractivity contribution >= 4 is 27.7 Å². The molecule has 1 aliphatic heterocycles. The maximum absolute atomic E-state index is 12.6. The van der Waals surface area contributed by atoms with Crippen LogP contribution in [0, 0.1) is 0 Å². The third kappa shape index (κ3) is 2.58. The van der Waals surface area contributed by atoms with Gasteiger partial charge in [-0.1, -0.05) is 18.2 Å². The van der Waals surface area contributed by atoms with Gasteiger partial charge in [-0.05, 0) is 36.4 Å². The van der Waals surface area contributed by atoms with Gasteiger partial charge in [-0.3, -0.25) is 4.79 Å². The highest BCUT2D eigenvalue weighted by atomic mass is 16.5. The van der Waals surface area contributed by atoms with E-state index < -0.39 is 0 Å². The fourth-order valence-electron chi connectivity index (χ4n) is 3.33. The Morgan fingerprint density at radius 2 is 1.92 bits per heavy atom. The van der Waals surface area contributed by atoms with E-state index in [9.17, 15) is 4.79 Å². The fraction of sp³-hybridized carbons (Fsp3) is 0.143. The number of pyridine rings is 1. The fourth-order valence-corrected chi connectivity index (χ4v) is 3.33. The topological polar surface area (TPSA) is 58.2 Å². The molecule has 0 radical (unpaired) electrons. The van der Waals surface area contributed by atoms with Crippen molar-refractivity contribution < 1.29 is 9.53 Å². The molecule has 0 spiro atoms. The van der Waals surface area contributed by atoms with Crippen LogP contribution in [0.5, 0.6) is 5.88 Å². The summed E-state index contributed by atoms with van der Waals surface area (Å²) in [4.78, 5) is 22.1. The van der Waals surface area contributed by atoms with Crippen molar-refractivity contribution in [2.45, 2.75) is 6.10 Å². The van der Waals surface area contributed by atoms with Crippen molar-refractivity contribution in [3.63, 3.8) is 0 Å². The van der Waals surface area contributed by atoms with Crippen LogP contribution in [0.3, 0.4) is 0 Å². The van der Waals surface area contributed by atoms with Crippen LogP contribution in [0.25, 0.3) is 21.8 Å². The Labute approximate surface area is 150 Å². The largest absolute Gasteiger partial charge is 0.471 e. The van der Waals surface area contributed by atoms with E-state index in [-0.39, 0.29) is 12.0 Å². The van der Waals surface area contributed by atoms with E-state index in [1.165, 1.54) is 0 Å². The summed E-state index contributed by atoms with van der Waals surface area (Å²) in [5.41, 5.74) is 2.66. The summed E-state index contributed by atoms with van der Waals surface area (Å²) >= 11 is 0. The van der Waals surface area contributed by atoms with Gasteiger partial charge in [0.2, 0.25) is 5.88 Å². The third-order valence-electron chi connectivity index (χ3n) is 4.80. The van der Waals surface area contributed by atoms with Crippen molar-refractivity contribution in [3.8, 4) is 5.88 Å². The number of ether oxygens (including phenoxy) is 1.